The van der Waals surface area contributed by atoms with E-state index in [2.05, 4.69) is 28.8 Å². The van der Waals surface area contributed by atoms with Gasteiger partial charge in [0.15, 0.2) is 0 Å². The van der Waals surface area contributed by atoms with Gasteiger partial charge in [-0.15, -0.1) is 0 Å². The van der Waals surface area contributed by atoms with Gasteiger partial charge in [-0.3, -0.25) is 4.79 Å². The lowest BCUT2D eigenvalue weighted by atomic mass is 10.1. The number of carbonyl (C=O) groups is 1. The first kappa shape index (κ1) is 16.4. The fourth-order valence-corrected chi connectivity index (χ4v) is 3.06. The maximum atomic E-state index is 12.1. The van der Waals surface area contributed by atoms with Crippen molar-refractivity contribution in [2.45, 2.75) is 58.0 Å². The average Bonchev–Trinajstić information content (AvgIpc) is 3.06. The van der Waals surface area contributed by atoms with Crippen molar-refractivity contribution in [3.8, 4) is 0 Å². The van der Waals surface area contributed by atoms with E-state index in [1.165, 1.54) is 17.5 Å². The van der Waals surface area contributed by atoms with Gasteiger partial charge in [-0.05, 0) is 42.9 Å². The molecule has 0 bridgehead atoms. The van der Waals surface area contributed by atoms with Crippen LogP contribution in [0.3, 0.4) is 0 Å². The van der Waals surface area contributed by atoms with Crippen molar-refractivity contribution < 1.29 is 14.3 Å². The largest absolute Gasteiger partial charge is 0.376 e. The van der Waals surface area contributed by atoms with E-state index in [0.29, 0.717) is 13.2 Å². The molecule has 1 aromatic rings. The SMILES string of the molecule is CC(OCC1CCCCO1)C(=O)NCc1ccc2c(c1)CNC2. The Morgan fingerprint density at radius 2 is 2.26 bits per heavy atom. The summed E-state index contributed by atoms with van der Waals surface area (Å²) in [6.45, 7) is 5.50. The van der Waals surface area contributed by atoms with E-state index >= 15 is 0 Å². The molecule has 0 radical (unpaired) electrons. The van der Waals surface area contributed by atoms with Crippen LogP contribution in [0.25, 0.3) is 0 Å². The van der Waals surface area contributed by atoms with E-state index in [-0.39, 0.29) is 12.0 Å². The predicted octanol–water partition coefficient (Wildman–Crippen LogP) is 1.88. The lowest BCUT2D eigenvalue weighted by Crippen LogP contribution is -2.36. The maximum Gasteiger partial charge on any atom is 0.249 e. The minimum absolute atomic E-state index is 0.0700. The van der Waals surface area contributed by atoms with Crippen LogP contribution in [0, 0.1) is 0 Å². The molecule has 1 fully saturated rings. The summed E-state index contributed by atoms with van der Waals surface area (Å²) in [6, 6.07) is 6.38. The molecular formula is C18H26N2O3. The molecule has 2 heterocycles. The second-order valence-electron chi connectivity index (χ2n) is 6.39. The van der Waals surface area contributed by atoms with Gasteiger partial charge in [-0.25, -0.2) is 0 Å². The quantitative estimate of drug-likeness (QED) is 0.841. The molecule has 2 aliphatic rings. The number of nitrogens with one attached hydrogen (secondary N) is 2. The number of ether oxygens (including phenoxy) is 2. The number of fused-ring (bicyclic) bond motifs is 1. The Labute approximate surface area is 137 Å². The Bertz CT molecular complexity index is 541. The van der Waals surface area contributed by atoms with Crippen LogP contribution in [0.15, 0.2) is 18.2 Å². The molecule has 1 aromatic carbocycles. The minimum Gasteiger partial charge on any atom is -0.376 e. The molecule has 2 N–H and O–H groups in total. The molecule has 3 rings (SSSR count). The van der Waals surface area contributed by atoms with Crippen LogP contribution in [-0.2, 0) is 33.9 Å². The van der Waals surface area contributed by atoms with Gasteiger partial charge < -0.3 is 20.1 Å². The molecule has 0 aromatic heterocycles. The summed E-state index contributed by atoms with van der Waals surface area (Å²) in [5, 5.41) is 6.28. The van der Waals surface area contributed by atoms with E-state index in [1.807, 2.05) is 0 Å². The van der Waals surface area contributed by atoms with E-state index < -0.39 is 6.10 Å². The van der Waals surface area contributed by atoms with Gasteiger partial charge in [0.1, 0.15) is 6.10 Å². The second-order valence-corrected chi connectivity index (χ2v) is 6.39. The van der Waals surface area contributed by atoms with E-state index in [4.69, 9.17) is 9.47 Å². The Balaban J connectivity index is 1.41. The lowest BCUT2D eigenvalue weighted by Gasteiger charge is -2.23. The number of benzene rings is 1. The molecule has 2 aliphatic heterocycles. The lowest BCUT2D eigenvalue weighted by molar-refractivity contribution is -0.135. The number of hydrogen-bond donors (Lipinski definition) is 2. The number of carbonyl (C=O) groups excluding carboxylic acids is 1. The Hall–Kier alpha value is -1.43. The number of hydrogen-bond acceptors (Lipinski definition) is 4. The standard InChI is InChI=1S/C18H26N2O3/c1-13(23-12-17-4-2-3-7-22-17)18(21)20-9-14-5-6-15-10-19-11-16(15)8-14/h5-6,8,13,17,19H,2-4,7,9-12H2,1H3,(H,20,21). The molecule has 2 atom stereocenters. The van der Waals surface area contributed by atoms with Gasteiger partial charge >= 0.3 is 0 Å². The van der Waals surface area contributed by atoms with E-state index in [1.54, 1.807) is 6.92 Å². The highest BCUT2D eigenvalue weighted by molar-refractivity contribution is 5.80. The van der Waals surface area contributed by atoms with Gasteiger partial charge in [-0.2, -0.15) is 0 Å². The molecule has 0 spiro atoms. The molecule has 1 saturated heterocycles. The van der Waals surface area contributed by atoms with Gasteiger partial charge in [0.25, 0.3) is 0 Å². The highest BCUT2D eigenvalue weighted by Crippen LogP contribution is 2.17. The number of rotatable bonds is 6. The molecule has 5 nitrogen and oxygen atoms in total. The zero-order valence-corrected chi connectivity index (χ0v) is 13.8. The second kappa shape index (κ2) is 7.90. The number of amides is 1. The molecule has 126 valence electrons. The van der Waals surface area contributed by atoms with Gasteiger partial charge in [0, 0.05) is 26.2 Å². The Morgan fingerprint density at radius 3 is 3.09 bits per heavy atom. The summed E-state index contributed by atoms with van der Waals surface area (Å²) in [7, 11) is 0. The summed E-state index contributed by atoms with van der Waals surface area (Å²) in [5.74, 6) is -0.0700. The third-order valence-corrected chi connectivity index (χ3v) is 4.54. The summed E-state index contributed by atoms with van der Waals surface area (Å²) in [6.07, 6.45) is 3.03. The Kier molecular flexibility index (Phi) is 5.65. The molecular weight excluding hydrogens is 292 g/mol. The van der Waals surface area contributed by atoms with Gasteiger partial charge in [-0.1, -0.05) is 18.2 Å². The summed E-state index contributed by atoms with van der Waals surface area (Å²) >= 11 is 0. The normalized spacial score (nSPS) is 21.7. The molecule has 5 heteroatoms. The zero-order chi connectivity index (χ0) is 16.1. The molecule has 0 aliphatic carbocycles. The Morgan fingerprint density at radius 1 is 1.39 bits per heavy atom. The highest BCUT2D eigenvalue weighted by atomic mass is 16.5. The van der Waals surface area contributed by atoms with Crippen molar-refractivity contribution in [2.24, 2.45) is 0 Å². The van der Waals surface area contributed by atoms with Crippen LogP contribution in [0.2, 0.25) is 0 Å². The molecule has 1 amide bonds. The van der Waals surface area contributed by atoms with Gasteiger partial charge in [0.05, 0.1) is 12.7 Å². The van der Waals surface area contributed by atoms with Crippen molar-refractivity contribution in [1.82, 2.24) is 10.6 Å². The first-order valence-corrected chi connectivity index (χ1v) is 8.54. The van der Waals surface area contributed by atoms with E-state index in [0.717, 1.165) is 38.1 Å². The van der Waals surface area contributed by atoms with Crippen molar-refractivity contribution in [2.75, 3.05) is 13.2 Å². The summed E-state index contributed by atoms with van der Waals surface area (Å²) in [4.78, 5) is 12.1. The summed E-state index contributed by atoms with van der Waals surface area (Å²) in [5.41, 5.74) is 3.81. The smallest absolute Gasteiger partial charge is 0.249 e. The third-order valence-electron chi connectivity index (χ3n) is 4.54. The summed E-state index contributed by atoms with van der Waals surface area (Å²) < 4.78 is 11.3. The van der Waals surface area contributed by atoms with Crippen LogP contribution in [0.1, 0.15) is 42.9 Å². The van der Waals surface area contributed by atoms with Crippen LogP contribution in [-0.4, -0.2) is 31.3 Å². The van der Waals surface area contributed by atoms with Crippen molar-refractivity contribution in [3.63, 3.8) is 0 Å². The zero-order valence-electron chi connectivity index (χ0n) is 13.8. The van der Waals surface area contributed by atoms with Crippen LogP contribution < -0.4 is 10.6 Å². The topological polar surface area (TPSA) is 59.6 Å². The van der Waals surface area contributed by atoms with Crippen molar-refractivity contribution in [3.05, 3.63) is 34.9 Å². The highest BCUT2D eigenvalue weighted by Gasteiger charge is 2.19. The van der Waals surface area contributed by atoms with Crippen LogP contribution in [0.5, 0.6) is 0 Å². The predicted molar refractivity (Wildman–Crippen MR) is 87.8 cm³/mol. The van der Waals surface area contributed by atoms with Crippen LogP contribution >= 0.6 is 0 Å². The fraction of sp³-hybridized carbons (Fsp3) is 0.611. The fourth-order valence-electron chi connectivity index (χ4n) is 3.06. The average molecular weight is 318 g/mol. The monoisotopic (exact) mass is 318 g/mol. The first-order valence-electron chi connectivity index (χ1n) is 8.54. The first-order chi connectivity index (χ1) is 11.2. The third kappa shape index (κ3) is 4.53. The van der Waals surface area contributed by atoms with Crippen molar-refractivity contribution in [1.29, 1.82) is 0 Å². The maximum absolute atomic E-state index is 12.1. The van der Waals surface area contributed by atoms with Gasteiger partial charge in [0.2, 0.25) is 5.91 Å². The minimum atomic E-state index is -0.448. The van der Waals surface area contributed by atoms with Crippen LogP contribution in [0.4, 0.5) is 0 Å². The van der Waals surface area contributed by atoms with Crippen molar-refractivity contribution >= 4 is 5.91 Å². The van der Waals surface area contributed by atoms with E-state index in [9.17, 15) is 4.79 Å². The molecule has 2 unspecified atom stereocenters. The molecule has 23 heavy (non-hydrogen) atoms. The molecule has 0 saturated carbocycles.